The molecule has 0 unspecified atom stereocenters. The van der Waals surface area contributed by atoms with Crippen LogP contribution in [0.25, 0.3) is 87.3 Å². The Morgan fingerprint density at radius 1 is 0.333 bits per heavy atom. The van der Waals surface area contributed by atoms with Crippen molar-refractivity contribution in [1.82, 2.24) is 0 Å². The Bertz CT molecular complexity index is 3230. The van der Waals surface area contributed by atoms with E-state index in [1.54, 1.807) is 0 Å². The number of benzene rings is 10. The predicted molar refractivity (Wildman–Crippen MR) is 229 cm³/mol. The Kier molecular flexibility index (Phi) is 6.90. The van der Waals surface area contributed by atoms with Gasteiger partial charge in [0.1, 0.15) is 11.2 Å². The van der Waals surface area contributed by atoms with Crippen molar-refractivity contribution in [3.8, 4) is 22.3 Å². The van der Waals surface area contributed by atoms with Gasteiger partial charge in [0.15, 0.2) is 0 Å². The maximum atomic E-state index is 6.70. The van der Waals surface area contributed by atoms with Crippen LogP contribution in [0, 0.1) is 0 Å². The summed E-state index contributed by atoms with van der Waals surface area (Å²) in [6.07, 6.45) is 0. The molecule has 0 amide bonds. The summed E-state index contributed by atoms with van der Waals surface area (Å²) in [5.74, 6) is 0. The SMILES string of the molecule is c1ccc(-c2cccc(N(c3ccc4c(-c5cc6ccccc6c6ccccc56)cccc4c3)c3cccc4oc5c6ccccc6ccc5c34)c2)cc1. The minimum Gasteiger partial charge on any atom is -0.455 e. The Morgan fingerprint density at radius 3 is 1.87 bits per heavy atom. The van der Waals surface area contributed by atoms with Crippen LogP contribution in [0.2, 0.25) is 0 Å². The molecule has 11 aromatic rings. The first-order valence-corrected chi connectivity index (χ1v) is 18.5. The van der Waals surface area contributed by atoms with Gasteiger partial charge in [0.05, 0.1) is 11.1 Å². The van der Waals surface area contributed by atoms with Crippen LogP contribution in [0.4, 0.5) is 17.1 Å². The molecule has 10 aromatic carbocycles. The molecule has 252 valence electrons. The summed E-state index contributed by atoms with van der Waals surface area (Å²) in [6.45, 7) is 0. The number of rotatable bonds is 5. The molecular weight excluding hydrogens is 655 g/mol. The molecule has 0 radical (unpaired) electrons. The van der Waals surface area contributed by atoms with E-state index in [9.17, 15) is 0 Å². The molecule has 0 spiro atoms. The van der Waals surface area contributed by atoms with E-state index in [2.05, 4.69) is 205 Å². The van der Waals surface area contributed by atoms with Gasteiger partial charge in [-0.15, -0.1) is 0 Å². The van der Waals surface area contributed by atoms with Crippen LogP contribution in [0.1, 0.15) is 0 Å². The minimum atomic E-state index is 0.870. The van der Waals surface area contributed by atoms with Crippen LogP contribution < -0.4 is 4.90 Å². The highest BCUT2D eigenvalue weighted by Crippen LogP contribution is 2.46. The summed E-state index contributed by atoms with van der Waals surface area (Å²) in [6, 6.07) is 72.3. The van der Waals surface area contributed by atoms with Gasteiger partial charge in [-0.25, -0.2) is 0 Å². The fourth-order valence-corrected chi connectivity index (χ4v) is 8.53. The lowest BCUT2D eigenvalue weighted by atomic mass is 9.90. The van der Waals surface area contributed by atoms with Gasteiger partial charge in [-0.2, -0.15) is 0 Å². The molecule has 0 aliphatic rings. The topological polar surface area (TPSA) is 16.4 Å². The Morgan fingerprint density at radius 2 is 0.981 bits per heavy atom. The van der Waals surface area contributed by atoms with Gasteiger partial charge >= 0.3 is 0 Å². The number of nitrogens with zero attached hydrogens (tertiary/aromatic N) is 1. The largest absolute Gasteiger partial charge is 0.455 e. The third kappa shape index (κ3) is 4.81. The third-order valence-electron chi connectivity index (χ3n) is 11.0. The van der Waals surface area contributed by atoms with Gasteiger partial charge < -0.3 is 9.32 Å². The summed E-state index contributed by atoms with van der Waals surface area (Å²) in [7, 11) is 0. The van der Waals surface area contributed by atoms with Crippen molar-refractivity contribution in [3.05, 3.63) is 200 Å². The normalized spacial score (nSPS) is 11.7. The van der Waals surface area contributed by atoms with Crippen LogP contribution in [0.3, 0.4) is 0 Å². The first kappa shape index (κ1) is 30.5. The van der Waals surface area contributed by atoms with Crippen molar-refractivity contribution in [3.63, 3.8) is 0 Å². The zero-order chi connectivity index (χ0) is 35.6. The van der Waals surface area contributed by atoms with E-state index < -0.39 is 0 Å². The fourth-order valence-electron chi connectivity index (χ4n) is 8.53. The average molecular weight is 688 g/mol. The third-order valence-corrected chi connectivity index (χ3v) is 11.0. The number of anilines is 3. The maximum Gasteiger partial charge on any atom is 0.143 e. The van der Waals surface area contributed by atoms with Crippen LogP contribution in [-0.4, -0.2) is 0 Å². The van der Waals surface area contributed by atoms with E-state index in [0.29, 0.717) is 0 Å². The van der Waals surface area contributed by atoms with Crippen molar-refractivity contribution in [2.24, 2.45) is 0 Å². The van der Waals surface area contributed by atoms with Gasteiger partial charge in [0, 0.05) is 22.1 Å². The summed E-state index contributed by atoms with van der Waals surface area (Å²) < 4.78 is 6.70. The molecule has 11 rings (SSSR count). The van der Waals surface area contributed by atoms with Gasteiger partial charge in [-0.3, -0.25) is 0 Å². The minimum absolute atomic E-state index is 0.870. The van der Waals surface area contributed by atoms with E-state index in [4.69, 9.17) is 4.42 Å². The van der Waals surface area contributed by atoms with Crippen LogP contribution in [0.5, 0.6) is 0 Å². The monoisotopic (exact) mass is 687 g/mol. The molecule has 0 saturated carbocycles. The highest BCUT2D eigenvalue weighted by atomic mass is 16.3. The Labute approximate surface area is 312 Å². The average Bonchev–Trinajstić information content (AvgIpc) is 3.64. The van der Waals surface area contributed by atoms with Gasteiger partial charge in [0.2, 0.25) is 0 Å². The van der Waals surface area contributed by atoms with Crippen LogP contribution in [-0.2, 0) is 0 Å². The van der Waals surface area contributed by atoms with E-state index >= 15 is 0 Å². The van der Waals surface area contributed by atoms with Crippen molar-refractivity contribution in [2.75, 3.05) is 4.90 Å². The Balaban J connectivity index is 1.15. The van der Waals surface area contributed by atoms with Crippen molar-refractivity contribution in [1.29, 1.82) is 0 Å². The Hall–Kier alpha value is -7.16. The first-order valence-electron chi connectivity index (χ1n) is 18.5. The number of fused-ring (bicyclic) bond motifs is 9. The highest BCUT2D eigenvalue weighted by Gasteiger charge is 2.21. The molecule has 2 nitrogen and oxygen atoms in total. The molecule has 1 heterocycles. The maximum absolute atomic E-state index is 6.70. The number of hydrogen-bond acceptors (Lipinski definition) is 2. The fraction of sp³-hybridized carbons (Fsp3) is 0. The molecule has 2 heteroatoms. The molecule has 0 atom stereocenters. The lowest BCUT2D eigenvalue weighted by Crippen LogP contribution is -2.10. The zero-order valence-electron chi connectivity index (χ0n) is 29.4. The van der Waals surface area contributed by atoms with Crippen molar-refractivity contribution < 1.29 is 4.42 Å². The molecule has 54 heavy (non-hydrogen) atoms. The molecule has 0 saturated heterocycles. The van der Waals surface area contributed by atoms with Gasteiger partial charge in [-0.1, -0.05) is 152 Å². The zero-order valence-corrected chi connectivity index (χ0v) is 29.4. The molecule has 0 N–H and O–H groups in total. The standard InChI is InChI=1S/C52H33NO/c1-2-13-34(14-3-1)36-17-10-19-39(31-36)53(49-25-12-26-50-51(49)47-29-27-35-15-4-7-21-43(35)52(47)54-50)40-28-30-42-37(32-40)18-11-24-45(42)48-33-38-16-5-6-20-41(38)44-22-8-9-23-46(44)48/h1-33H. The van der Waals surface area contributed by atoms with E-state index in [0.717, 1.165) is 44.4 Å². The summed E-state index contributed by atoms with van der Waals surface area (Å²) in [5.41, 5.74) is 9.84. The summed E-state index contributed by atoms with van der Waals surface area (Å²) >= 11 is 0. The molecule has 0 bridgehead atoms. The molecule has 1 aromatic heterocycles. The quantitative estimate of drug-likeness (QED) is 0.168. The molecule has 0 aliphatic heterocycles. The number of hydrogen-bond donors (Lipinski definition) is 0. The molecule has 0 aliphatic carbocycles. The summed E-state index contributed by atoms with van der Waals surface area (Å²) in [4.78, 5) is 2.40. The van der Waals surface area contributed by atoms with E-state index in [-0.39, 0.29) is 0 Å². The lowest BCUT2D eigenvalue weighted by molar-refractivity contribution is 0.672. The van der Waals surface area contributed by atoms with Crippen LogP contribution in [0.15, 0.2) is 205 Å². The number of furan rings is 1. The molecular formula is C52H33NO. The highest BCUT2D eigenvalue weighted by molar-refractivity contribution is 6.20. The predicted octanol–water partition coefficient (Wildman–Crippen LogP) is 15.0. The lowest BCUT2D eigenvalue weighted by Gasteiger charge is -2.27. The second-order valence-corrected chi connectivity index (χ2v) is 14.1. The second kappa shape index (κ2) is 12.2. The molecule has 0 fully saturated rings. The first-order chi connectivity index (χ1) is 26.8. The second-order valence-electron chi connectivity index (χ2n) is 14.1. The van der Waals surface area contributed by atoms with Gasteiger partial charge in [-0.05, 0) is 108 Å². The van der Waals surface area contributed by atoms with Crippen molar-refractivity contribution in [2.45, 2.75) is 0 Å². The van der Waals surface area contributed by atoms with E-state index in [1.807, 2.05) is 0 Å². The van der Waals surface area contributed by atoms with Crippen LogP contribution >= 0.6 is 0 Å². The summed E-state index contributed by atoms with van der Waals surface area (Å²) in [5, 5.41) is 12.0. The van der Waals surface area contributed by atoms with E-state index in [1.165, 1.54) is 60.0 Å². The van der Waals surface area contributed by atoms with Crippen molar-refractivity contribution >= 4 is 82.1 Å². The smallest absolute Gasteiger partial charge is 0.143 e. The van der Waals surface area contributed by atoms with Gasteiger partial charge in [0.25, 0.3) is 0 Å².